The van der Waals surface area contributed by atoms with Crippen molar-refractivity contribution in [1.29, 1.82) is 0 Å². The second kappa shape index (κ2) is 4.26. The summed E-state index contributed by atoms with van der Waals surface area (Å²) in [5, 5.41) is 0. The first-order valence-corrected chi connectivity index (χ1v) is 6.64. The lowest BCUT2D eigenvalue weighted by Gasteiger charge is -2.17. The zero-order valence-corrected chi connectivity index (χ0v) is 11.2. The minimum atomic E-state index is 0.367. The van der Waals surface area contributed by atoms with E-state index in [9.17, 15) is 0 Å². The van der Waals surface area contributed by atoms with Crippen LogP contribution in [0.15, 0.2) is 6.20 Å². The van der Waals surface area contributed by atoms with Crippen LogP contribution in [0.3, 0.4) is 0 Å². The van der Waals surface area contributed by atoms with E-state index in [2.05, 4.69) is 16.9 Å². The molecule has 0 aromatic carbocycles. The fraction of sp³-hybridized carbons (Fsp3) is 0.571. The van der Waals surface area contributed by atoms with Gasteiger partial charge in [0.15, 0.2) is 5.75 Å². The standard InChI is InChI=1S/C14H19N3O/c1-9-8-17-11(3)13(10(2)16-14(17)15-9)18-12-6-4-5-7-12/h8,12H,4-7H2,1-3H3. The molecule has 4 heteroatoms. The molecular weight excluding hydrogens is 226 g/mol. The van der Waals surface area contributed by atoms with Crippen LogP contribution in [0.1, 0.15) is 42.8 Å². The van der Waals surface area contributed by atoms with E-state index >= 15 is 0 Å². The summed E-state index contributed by atoms with van der Waals surface area (Å²) in [7, 11) is 0. The summed E-state index contributed by atoms with van der Waals surface area (Å²) >= 11 is 0. The van der Waals surface area contributed by atoms with Crippen molar-refractivity contribution in [2.24, 2.45) is 0 Å². The van der Waals surface area contributed by atoms with Crippen LogP contribution in [0.2, 0.25) is 0 Å². The Bertz CT molecular complexity index is 582. The molecule has 2 aromatic heterocycles. The lowest BCUT2D eigenvalue weighted by atomic mass is 10.2. The smallest absolute Gasteiger partial charge is 0.234 e. The van der Waals surface area contributed by atoms with Gasteiger partial charge >= 0.3 is 0 Å². The monoisotopic (exact) mass is 245 g/mol. The molecule has 2 aromatic rings. The molecule has 0 saturated heterocycles. The van der Waals surface area contributed by atoms with Crippen molar-refractivity contribution >= 4 is 5.78 Å². The third-order valence-electron chi connectivity index (χ3n) is 3.68. The van der Waals surface area contributed by atoms with Crippen molar-refractivity contribution in [2.75, 3.05) is 0 Å². The molecule has 1 aliphatic carbocycles. The van der Waals surface area contributed by atoms with Crippen LogP contribution in [-0.4, -0.2) is 20.5 Å². The van der Waals surface area contributed by atoms with E-state index in [-0.39, 0.29) is 0 Å². The molecule has 1 aliphatic rings. The number of ether oxygens (including phenoxy) is 1. The van der Waals surface area contributed by atoms with Crippen LogP contribution in [0.5, 0.6) is 5.75 Å². The van der Waals surface area contributed by atoms with E-state index < -0.39 is 0 Å². The van der Waals surface area contributed by atoms with Gasteiger partial charge in [0.25, 0.3) is 0 Å². The van der Waals surface area contributed by atoms with E-state index in [4.69, 9.17) is 4.74 Å². The number of aryl methyl sites for hydroxylation is 3. The Kier molecular flexibility index (Phi) is 2.73. The zero-order valence-electron chi connectivity index (χ0n) is 11.2. The molecule has 96 valence electrons. The molecule has 2 heterocycles. The van der Waals surface area contributed by atoms with Gasteiger partial charge < -0.3 is 4.74 Å². The van der Waals surface area contributed by atoms with Gasteiger partial charge in [-0.15, -0.1) is 0 Å². The summed E-state index contributed by atoms with van der Waals surface area (Å²) in [6.07, 6.45) is 7.27. The number of fused-ring (bicyclic) bond motifs is 1. The molecule has 18 heavy (non-hydrogen) atoms. The van der Waals surface area contributed by atoms with Gasteiger partial charge in [-0.2, -0.15) is 0 Å². The van der Waals surface area contributed by atoms with E-state index in [0.717, 1.165) is 28.6 Å². The van der Waals surface area contributed by atoms with Gasteiger partial charge in [0, 0.05) is 6.20 Å². The number of hydrogen-bond acceptors (Lipinski definition) is 3. The van der Waals surface area contributed by atoms with Crippen molar-refractivity contribution in [3.05, 3.63) is 23.3 Å². The highest BCUT2D eigenvalue weighted by Crippen LogP contribution is 2.28. The molecule has 4 nitrogen and oxygen atoms in total. The van der Waals surface area contributed by atoms with Crippen LogP contribution in [-0.2, 0) is 0 Å². The fourth-order valence-electron chi connectivity index (χ4n) is 2.73. The van der Waals surface area contributed by atoms with Gasteiger partial charge in [-0.3, -0.25) is 4.40 Å². The summed E-state index contributed by atoms with van der Waals surface area (Å²) in [5.41, 5.74) is 3.03. The second-order valence-electron chi connectivity index (χ2n) is 5.19. The van der Waals surface area contributed by atoms with Crippen molar-refractivity contribution in [1.82, 2.24) is 14.4 Å². The molecule has 0 spiro atoms. The van der Waals surface area contributed by atoms with Crippen molar-refractivity contribution in [3.63, 3.8) is 0 Å². The SMILES string of the molecule is Cc1cn2c(C)c(OC3CCCC3)c(C)nc2n1. The van der Waals surface area contributed by atoms with Crippen molar-refractivity contribution in [2.45, 2.75) is 52.6 Å². The van der Waals surface area contributed by atoms with Crippen molar-refractivity contribution in [3.8, 4) is 5.75 Å². The number of hydrogen-bond donors (Lipinski definition) is 0. The van der Waals surface area contributed by atoms with Gasteiger partial charge in [-0.05, 0) is 46.5 Å². The fourth-order valence-corrected chi connectivity index (χ4v) is 2.73. The third-order valence-corrected chi connectivity index (χ3v) is 3.68. The molecular formula is C14H19N3O. The average Bonchev–Trinajstić information content (AvgIpc) is 2.93. The molecule has 0 bridgehead atoms. The maximum Gasteiger partial charge on any atom is 0.234 e. The summed E-state index contributed by atoms with van der Waals surface area (Å²) < 4.78 is 8.16. The Balaban J connectivity index is 2.04. The Hall–Kier alpha value is -1.58. The molecule has 0 aliphatic heterocycles. The second-order valence-corrected chi connectivity index (χ2v) is 5.19. The third kappa shape index (κ3) is 1.85. The maximum absolute atomic E-state index is 6.14. The first-order valence-electron chi connectivity index (χ1n) is 6.64. The molecule has 0 amide bonds. The number of rotatable bonds is 2. The first kappa shape index (κ1) is 11.5. The minimum Gasteiger partial charge on any atom is -0.487 e. The van der Waals surface area contributed by atoms with E-state index in [0.29, 0.717) is 6.10 Å². The zero-order chi connectivity index (χ0) is 12.7. The van der Waals surface area contributed by atoms with Gasteiger partial charge in [0.1, 0.15) is 0 Å². The Morgan fingerprint density at radius 2 is 1.89 bits per heavy atom. The largest absolute Gasteiger partial charge is 0.487 e. The Labute approximate surface area is 107 Å². The summed E-state index contributed by atoms with van der Waals surface area (Å²) in [5.74, 6) is 1.70. The van der Waals surface area contributed by atoms with E-state index in [1.165, 1.54) is 25.7 Å². The summed E-state index contributed by atoms with van der Waals surface area (Å²) in [6.45, 7) is 6.06. The minimum absolute atomic E-state index is 0.367. The van der Waals surface area contributed by atoms with Crippen LogP contribution in [0.4, 0.5) is 0 Å². The topological polar surface area (TPSA) is 39.4 Å². The highest BCUT2D eigenvalue weighted by atomic mass is 16.5. The van der Waals surface area contributed by atoms with Gasteiger partial charge in [-0.25, -0.2) is 9.97 Å². The lowest BCUT2D eigenvalue weighted by Crippen LogP contribution is -2.14. The molecule has 0 unspecified atom stereocenters. The van der Waals surface area contributed by atoms with Crippen LogP contribution < -0.4 is 4.74 Å². The van der Waals surface area contributed by atoms with Gasteiger partial charge in [0.05, 0.1) is 23.2 Å². The highest BCUT2D eigenvalue weighted by molar-refractivity contribution is 5.43. The summed E-state index contributed by atoms with van der Waals surface area (Å²) in [4.78, 5) is 8.93. The average molecular weight is 245 g/mol. The quantitative estimate of drug-likeness (QED) is 0.816. The molecule has 0 atom stereocenters. The van der Waals surface area contributed by atoms with Gasteiger partial charge in [-0.1, -0.05) is 0 Å². The molecule has 1 fully saturated rings. The lowest BCUT2D eigenvalue weighted by molar-refractivity contribution is 0.205. The molecule has 3 rings (SSSR count). The Morgan fingerprint density at radius 3 is 2.61 bits per heavy atom. The highest BCUT2D eigenvalue weighted by Gasteiger charge is 2.20. The van der Waals surface area contributed by atoms with Crippen LogP contribution >= 0.6 is 0 Å². The van der Waals surface area contributed by atoms with Gasteiger partial charge in [0.2, 0.25) is 5.78 Å². The normalized spacial score (nSPS) is 16.6. The molecule has 1 saturated carbocycles. The molecule has 0 N–H and O–H groups in total. The number of nitrogens with zero attached hydrogens (tertiary/aromatic N) is 3. The van der Waals surface area contributed by atoms with Crippen LogP contribution in [0, 0.1) is 20.8 Å². The van der Waals surface area contributed by atoms with E-state index in [1.807, 2.05) is 24.4 Å². The van der Waals surface area contributed by atoms with E-state index in [1.54, 1.807) is 0 Å². The molecule has 0 radical (unpaired) electrons. The van der Waals surface area contributed by atoms with Crippen LogP contribution in [0.25, 0.3) is 5.78 Å². The predicted octanol–water partition coefficient (Wildman–Crippen LogP) is 2.98. The first-order chi connectivity index (χ1) is 8.65. The maximum atomic E-state index is 6.14. The number of aromatic nitrogens is 3. The summed E-state index contributed by atoms with van der Waals surface area (Å²) in [6, 6.07) is 0. The number of imidazole rings is 1. The Morgan fingerprint density at radius 1 is 1.17 bits per heavy atom. The predicted molar refractivity (Wildman–Crippen MR) is 70.1 cm³/mol. The van der Waals surface area contributed by atoms with Crippen molar-refractivity contribution < 1.29 is 4.74 Å².